The van der Waals surface area contributed by atoms with E-state index in [1.54, 1.807) is 0 Å². The average Bonchev–Trinajstić information content (AvgIpc) is 3.82. The van der Waals surface area contributed by atoms with Crippen molar-refractivity contribution in [2.24, 2.45) is 0 Å². The molecule has 2 heterocycles. The summed E-state index contributed by atoms with van der Waals surface area (Å²) in [6.45, 7) is 18.4. The normalized spacial score (nSPS) is 13.9. The Morgan fingerprint density at radius 3 is 1.86 bits per heavy atom. The van der Waals surface area contributed by atoms with E-state index in [1.807, 2.05) is 0 Å². The summed E-state index contributed by atoms with van der Waals surface area (Å²) in [7, 11) is 0. The fourth-order valence-electron chi connectivity index (χ4n) is 9.15. The van der Waals surface area contributed by atoms with Crippen LogP contribution in [0.4, 0.5) is 17.1 Å². The molecule has 0 aliphatic heterocycles. The highest BCUT2D eigenvalue weighted by Crippen LogP contribution is 2.53. The van der Waals surface area contributed by atoms with Gasteiger partial charge in [0.1, 0.15) is 22.3 Å². The van der Waals surface area contributed by atoms with Crippen LogP contribution in [0.25, 0.3) is 66.1 Å². The van der Waals surface area contributed by atoms with Gasteiger partial charge in [0.2, 0.25) is 0 Å². The van der Waals surface area contributed by atoms with Crippen molar-refractivity contribution in [3.8, 4) is 22.3 Å². The fourth-order valence-corrected chi connectivity index (χ4v) is 9.15. The van der Waals surface area contributed by atoms with Crippen molar-refractivity contribution in [1.29, 1.82) is 0 Å². The van der Waals surface area contributed by atoms with Gasteiger partial charge in [-0.3, -0.25) is 0 Å². The van der Waals surface area contributed by atoms with E-state index in [0.717, 1.165) is 66.5 Å². The number of furan rings is 2. The quantitative estimate of drug-likeness (QED) is 0.181. The lowest BCUT2D eigenvalue weighted by atomic mass is 9.79. The highest BCUT2D eigenvalue weighted by Gasteiger charge is 2.36. The zero-order valence-corrected chi connectivity index (χ0v) is 33.5. The van der Waals surface area contributed by atoms with E-state index in [0.29, 0.717) is 0 Å². The van der Waals surface area contributed by atoms with Crippen LogP contribution in [0.3, 0.4) is 0 Å². The number of hydrogen-bond acceptors (Lipinski definition) is 3. The van der Waals surface area contributed by atoms with Crippen molar-refractivity contribution >= 4 is 60.9 Å². The van der Waals surface area contributed by atoms with Crippen LogP contribution >= 0.6 is 0 Å². The molecule has 0 amide bonds. The third-order valence-corrected chi connectivity index (χ3v) is 12.1. The Bertz CT molecular complexity index is 3020. The SMILES string of the molecule is CC(C)(C)c1cc(C(C)(C)C)c2oc3cccc(N(c4ccc5c(c4)-c4ccccc4C5(C)C)c4cccc5oc6ccc(-c7ccccc7)cc6c45)c3c2c1. The van der Waals surface area contributed by atoms with Crippen LogP contribution < -0.4 is 4.90 Å². The van der Waals surface area contributed by atoms with Crippen molar-refractivity contribution in [2.45, 2.75) is 71.6 Å². The van der Waals surface area contributed by atoms with E-state index in [9.17, 15) is 0 Å². The van der Waals surface area contributed by atoms with Gasteiger partial charge in [-0.1, -0.05) is 140 Å². The van der Waals surface area contributed by atoms with E-state index in [1.165, 1.54) is 38.9 Å². The van der Waals surface area contributed by atoms with E-state index >= 15 is 0 Å². The van der Waals surface area contributed by atoms with Crippen LogP contribution in [-0.2, 0) is 16.2 Å². The molecule has 3 heteroatoms. The average molecular weight is 730 g/mol. The van der Waals surface area contributed by atoms with E-state index < -0.39 is 0 Å². The van der Waals surface area contributed by atoms with Crippen molar-refractivity contribution in [1.82, 2.24) is 0 Å². The Morgan fingerprint density at radius 1 is 0.482 bits per heavy atom. The van der Waals surface area contributed by atoms with Gasteiger partial charge in [0, 0.05) is 27.4 Å². The molecule has 10 rings (SSSR count). The second kappa shape index (κ2) is 12.0. The Kier molecular flexibility index (Phi) is 7.36. The lowest BCUT2D eigenvalue weighted by Crippen LogP contribution is -2.16. The summed E-state index contributed by atoms with van der Waals surface area (Å²) >= 11 is 0. The lowest BCUT2D eigenvalue weighted by Gasteiger charge is -2.28. The Hall–Kier alpha value is -6.06. The Morgan fingerprint density at radius 2 is 1.14 bits per heavy atom. The van der Waals surface area contributed by atoms with Crippen LogP contribution in [0.5, 0.6) is 0 Å². The van der Waals surface area contributed by atoms with Crippen LogP contribution in [0.2, 0.25) is 0 Å². The van der Waals surface area contributed by atoms with Crippen LogP contribution in [-0.4, -0.2) is 0 Å². The second-order valence-electron chi connectivity index (χ2n) is 18.2. The molecule has 9 aromatic rings. The number of nitrogens with zero attached hydrogens (tertiary/aromatic N) is 1. The van der Waals surface area contributed by atoms with Gasteiger partial charge in [-0.15, -0.1) is 0 Å². The molecular formula is C53H47NO2. The van der Waals surface area contributed by atoms with Crippen molar-refractivity contribution in [3.05, 3.63) is 162 Å². The monoisotopic (exact) mass is 729 g/mol. The summed E-state index contributed by atoms with van der Waals surface area (Å²) in [5.41, 5.74) is 16.6. The third kappa shape index (κ3) is 5.17. The van der Waals surface area contributed by atoms with Gasteiger partial charge >= 0.3 is 0 Å². The first-order valence-electron chi connectivity index (χ1n) is 19.8. The summed E-state index contributed by atoms with van der Waals surface area (Å²) in [6, 6.07) is 50.9. The van der Waals surface area contributed by atoms with Gasteiger partial charge in [0.15, 0.2) is 0 Å². The molecule has 1 aliphatic rings. The summed E-state index contributed by atoms with van der Waals surface area (Å²) in [6.07, 6.45) is 0. The smallest absolute Gasteiger partial charge is 0.139 e. The molecule has 0 bridgehead atoms. The minimum Gasteiger partial charge on any atom is -0.456 e. The summed E-state index contributed by atoms with van der Waals surface area (Å²) in [4.78, 5) is 2.46. The van der Waals surface area contributed by atoms with Crippen molar-refractivity contribution in [2.75, 3.05) is 4.90 Å². The van der Waals surface area contributed by atoms with Gasteiger partial charge in [-0.2, -0.15) is 0 Å². The zero-order chi connectivity index (χ0) is 38.7. The van der Waals surface area contributed by atoms with Gasteiger partial charge in [-0.05, 0) is 104 Å². The predicted octanol–water partition coefficient (Wildman–Crippen LogP) is 15.5. The molecule has 0 atom stereocenters. The van der Waals surface area contributed by atoms with Gasteiger partial charge in [0.25, 0.3) is 0 Å². The summed E-state index contributed by atoms with van der Waals surface area (Å²) in [5, 5.41) is 4.41. The molecule has 2 aromatic heterocycles. The van der Waals surface area contributed by atoms with E-state index in [-0.39, 0.29) is 16.2 Å². The molecular weight excluding hydrogens is 683 g/mol. The maximum Gasteiger partial charge on any atom is 0.139 e. The van der Waals surface area contributed by atoms with E-state index in [4.69, 9.17) is 8.83 Å². The molecule has 1 aliphatic carbocycles. The van der Waals surface area contributed by atoms with Crippen LogP contribution in [0.15, 0.2) is 148 Å². The number of hydrogen-bond donors (Lipinski definition) is 0. The molecule has 0 spiro atoms. The van der Waals surface area contributed by atoms with Crippen molar-refractivity contribution in [3.63, 3.8) is 0 Å². The Balaban J connectivity index is 1.32. The third-order valence-electron chi connectivity index (χ3n) is 12.1. The molecule has 7 aromatic carbocycles. The second-order valence-corrected chi connectivity index (χ2v) is 18.2. The van der Waals surface area contributed by atoms with Crippen LogP contribution in [0, 0.1) is 0 Å². The number of anilines is 3. The van der Waals surface area contributed by atoms with Gasteiger partial charge in [0.05, 0.1) is 22.1 Å². The van der Waals surface area contributed by atoms with Crippen LogP contribution in [0.1, 0.15) is 77.6 Å². The molecule has 56 heavy (non-hydrogen) atoms. The molecule has 0 N–H and O–H groups in total. The topological polar surface area (TPSA) is 29.5 Å². The summed E-state index contributed by atoms with van der Waals surface area (Å²) in [5.74, 6) is 0. The number of fused-ring (bicyclic) bond motifs is 9. The summed E-state index contributed by atoms with van der Waals surface area (Å²) < 4.78 is 13.6. The standard InChI is InChI=1S/C53H47NO2/c1-51(2,3)34-29-39-49-44(21-15-23-47(49)56-50(39)42(30-34)52(4,5)6)54(35-25-26-41-37(31-35)36-18-12-13-19-40(36)53(41,7)8)43-20-14-22-46-48(43)38-28-33(24-27-45(38)55-46)32-16-10-9-11-17-32/h9-31H,1-8H3. The maximum absolute atomic E-state index is 6.95. The van der Waals surface area contributed by atoms with Gasteiger partial charge < -0.3 is 13.7 Å². The molecule has 0 unspecified atom stereocenters. The molecule has 0 fully saturated rings. The largest absolute Gasteiger partial charge is 0.456 e. The molecule has 0 saturated heterocycles. The minimum atomic E-state index is -0.120. The molecule has 0 radical (unpaired) electrons. The first-order chi connectivity index (χ1) is 26.8. The maximum atomic E-state index is 6.95. The highest BCUT2D eigenvalue weighted by atomic mass is 16.3. The molecule has 276 valence electrons. The molecule has 3 nitrogen and oxygen atoms in total. The van der Waals surface area contributed by atoms with Gasteiger partial charge in [-0.25, -0.2) is 0 Å². The fraction of sp³-hybridized carbons (Fsp3) is 0.208. The Labute approximate surface area is 329 Å². The number of rotatable bonds is 4. The number of benzene rings is 7. The zero-order valence-electron chi connectivity index (χ0n) is 33.5. The lowest BCUT2D eigenvalue weighted by molar-refractivity contribution is 0.559. The van der Waals surface area contributed by atoms with E-state index in [2.05, 4.69) is 200 Å². The minimum absolute atomic E-state index is 0.0512. The first kappa shape index (κ1) is 34.4. The first-order valence-corrected chi connectivity index (χ1v) is 19.8. The molecule has 0 saturated carbocycles. The predicted molar refractivity (Wildman–Crippen MR) is 236 cm³/mol. The highest BCUT2D eigenvalue weighted by molar-refractivity contribution is 6.18. The van der Waals surface area contributed by atoms with Crippen molar-refractivity contribution < 1.29 is 8.83 Å².